The summed E-state index contributed by atoms with van der Waals surface area (Å²) < 4.78 is 4.92. The summed E-state index contributed by atoms with van der Waals surface area (Å²) in [7, 11) is 0. The number of halogens is 1. The van der Waals surface area contributed by atoms with E-state index in [0.29, 0.717) is 10.1 Å². The number of carbonyl (C=O) groups is 1. The largest absolute Gasteiger partial charge is 0.459 e. The van der Waals surface area contributed by atoms with Crippen LogP contribution in [0.2, 0.25) is 0 Å². The van der Waals surface area contributed by atoms with E-state index in [1.807, 2.05) is 0 Å². The molecule has 2 aromatic rings. The number of nitrogens with one attached hydrogen (secondary N) is 1. The Kier molecular flexibility index (Phi) is 2.98. The van der Waals surface area contributed by atoms with E-state index in [1.54, 1.807) is 12.1 Å². The fourth-order valence-corrected chi connectivity index (χ4v) is 1.73. The third-order valence-electron chi connectivity index (χ3n) is 1.55. The van der Waals surface area contributed by atoms with Gasteiger partial charge in [-0.3, -0.25) is 10.1 Å². The number of alkyl halides is 1. The molecule has 5 nitrogen and oxygen atoms in total. The third-order valence-corrected chi connectivity index (χ3v) is 2.80. The van der Waals surface area contributed by atoms with Gasteiger partial charge in [0.25, 0.3) is 5.91 Å². The first-order valence-corrected chi connectivity index (χ1v) is 5.38. The van der Waals surface area contributed by atoms with Gasteiger partial charge in [0.05, 0.1) is 12.1 Å². The van der Waals surface area contributed by atoms with Crippen LogP contribution in [-0.2, 0) is 5.88 Å². The Morgan fingerprint density at radius 2 is 2.47 bits per heavy atom. The molecule has 1 N–H and O–H groups in total. The van der Waals surface area contributed by atoms with Crippen molar-refractivity contribution in [3.8, 4) is 0 Å². The van der Waals surface area contributed by atoms with E-state index in [-0.39, 0.29) is 17.5 Å². The molecule has 78 valence electrons. The van der Waals surface area contributed by atoms with Gasteiger partial charge in [-0.1, -0.05) is 11.3 Å². The smallest absolute Gasteiger partial charge is 0.293 e. The van der Waals surface area contributed by atoms with Gasteiger partial charge in [-0.05, 0) is 12.1 Å². The summed E-state index contributed by atoms with van der Waals surface area (Å²) >= 11 is 6.78. The van der Waals surface area contributed by atoms with Crippen molar-refractivity contribution in [2.24, 2.45) is 0 Å². The number of anilines is 1. The molecule has 0 aromatic carbocycles. The van der Waals surface area contributed by atoms with E-state index < -0.39 is 0 Å². The molecule has 7 heteroatoms. The Bertz CT molecular complexity index is 454. The monoisotopic (exact) mass is 243 g/mol. The second-order valence-electron chi connectivity index (χ2n) is 2.57. The molecule has 0 radical (unpaired) electrons. The summed E-state index contributed by atoms with van der Waals surface area (Å²) in [5.74, 6) is 0.170. The van der Waals surface area contributed by atoms with Crippen LogP contribution in [0.15, 0.2) is 22.8 Å². The van der Waals surface area contributed by atoms with E-state index in [0.717, 1.165) is 0 Å². The maximum atomic E-state index is 11.5. The zero-order chi connectivity index (χ0) is 10.7. The highest BCUT2D eigenvalue weighted by atomic mass is 35.5. The second-order valence-corrected chi connectivity index (χ2v) is 3.90. The second kappa shape index (κ2) is 4.41. The molecule has 2 heterocycles. The summed E-state index contributed by atoms with van der Waals surface area (Å²) in [6, 6.07) is 3.21. The molecule has 0 aliphatic rings. The highest BCUT2D eigenvalue weighted by molar-refractivity contribution is 7.15. The Balaban J connectivity index is 2.06. The Morgan fingerprint density at radius 3 is 3.07 bits per heavy atom. The summed E-state index contributed by atoms with van der Waals surface area (Å²) in [4.78, 5) is 11.5. The van der Waals surface area contributed by atoms with Crippen molar-refractivity contribution >= 4 is 34.0 Å². The molecule has 0 aliphatic heterocycles. The number of carbonyl (C=O) groups excluding carboxylic acids is 1. The van der Waals surface area contributed by atoms with Crippen LogP contribution in [-0.4, -0.2) is 16.1 Å². The van der Waals surface area contributed by atoms with Gasteiger partial charge in [0.15, 0.2) is 5.76 Å². The fourth-order valence-electron chi connectivity index (χ4n) is 0.925. The van der Waals surface area contributed by atoms with Crippen molar-refractivity contribution in [2.45, 2.75) is 5.88 Å². The van der Waals surface area contributed by atoms with Crippen molar-refractivity contribution in [1.29, 1.82) is 0 Å². The van der Waals surface area contributed by atoms with E-state index in [9.17, 15) is 4.79 Å². The lowest BCUT2D eigenvalue weighted by atomic mass is 10.4. The zero-order valence-corrected chi connectivity index (χ0v) is 9.01. The Labute approximate surface area is 94.1 Å². The van der Waals surface area contributed by atoms with Crippen LogP contribution in [0.3, 0.4) is 0 Å². The summed E-state index contributed by atoms with van der Waals surface area (Å²) in [6.45, 7) is 0. The minimum Gasteiger partial charge on any atom is -0.459 e. The number of hydrogen-bond acceptors (Lipinski definition) is 5. The molecule has 15 heavy (non-hydrogen) atoms. The van der Waals surface area contributed by atoms with E-state index in [1.165, 1.54) is 17.6 Å². The molecule has 0 fully saturated rings. The van der Waals surface area contributed by atoms with Gasteiger partial charge in [0.2, 0.25) is 5.13 Å². The van der Waals surface area contributed by atoms with Crippen molar-refractivity contribution < 1.29 is 9.21 Å². The predicted octanol–water partition coefficient (Wildman–Crippen LogP) is 2.12. The summed E-state index contributed by atoms with van der Waals surface area (Å²) in [6.07, 6.45) is 1.43. The Hall–Kier alpha value is -1.40. The van der Waals surface area contributed by atoms with Crippen molar-refractivity contribution in [1.82, 2.24) is 10.2 Å². The van der Waals surface area contributed by atoms with Crippen LogP contribution >= 0.6 is 22.9 Å². The van der Waals surface area contributed by atoms with Gasteiger partial charge < -0.3 is 4.42 Å². The highest BCUT2D eigenvalue weighted by Gasteiger charge is 2.11. The van der Waals surface area contributed by atoms with Gasteiger partial charge >= 0.3 is 0 Å². The summed E-state index contributed by atoms with van der Waals surface area (Å²) in [5.41, 5.74) is 0. The molecule has 0 aliphatic carbocycles. The molecule has 0 unspecified atom stereocenters. The molecular weight excluding hydrogens is 238 g/mol. The lowest BCUT2D eigenvalue weighted by Crippen LogP contribution is -2.10. The first-order chi connectivity index (χ1) is 7.29. The number of amides is 1. The lowest BCUT2D eigenvalue weighted by molar-refractivity contribution is 0.0996. The molecule has 0 bridgehead atoms. The molecule has 0 saturated heterocycles. The van der Waals surface area contributed by atoms with Crippen molar-refractivity contribution in [3.05, 3.63) is 29.2 Å². The van der Waals surface area contributed by atoms with Gasteiger partial charge in [0.1, 0.15) is 5.01 Å². The van der Waals surface area contributed by atoms with Crippen LogP contribution in [0.1, 0.15) is 15.6 Å². The topological polar surface area (TPSA) is 68.0 Å². The minimum absolute atomic E-state index is 0.234. The third kappa shape index (κ3) is 2.34. The molecule has 0 atom stereocenters. The van der Waals surface area contributed by atoms with Crippen LogP contribution in [0.5, 0.6) is 0 Å². The normalized spacial score (nSPS) is 10.2. The maximum Gasteiger partial charge on any atom is 0.293 e. The maximum absolute atomic E-state index is 11.5. The molecule has 2 rings (SSSR count). The van der Waals surface area contributed by atoms with E-state index in [2.05, 4.69) is 15.5 Å². The molecule has 0 spiro atoms. The first kappa shape index (κ1) is 10.1. The standard InChI is InChI=1S/C8H6ClN3O2S/c9-4-6-11-12-8(15-6)10-7(13)5-2-1-3-14-5/h1-3H,4H2,(H,10,12,13). The van der Waals surface area contributed by atoms with Crippen LogP contribution in [0.25, 0.3) is 0 Å². The average Bonchev–Trinajstić information content (AvgIpc) is 2.87. The van der Waals surface area contributed by atoms with Crippen LogP contribution in [0, 0.1) is 0 Å². The molecule has 0 saturated carbocycles. The SMILES string of the molecule is O=C(Nc1nnc(CCl)s1)c1ccco1. The average molecular weight is 244 g/mol. The van der Waals surface area contributed by atoms with Crippen LogP contribution in [0.4, 0.5) is 5.13 Å². The number of aromatic nitrogens is 2. The van der Waals surface area contributed by atoms with Gasteiger partial charge in [-0.15, -0.1) is 21.8 Å². The minimum atomic E-state index is -0.350. The molecular formula is C8H6ClN3O2S. The van der Waals surface area contributed by atoms with Gasteiger partial charge in [-0.25, -0.2) is 0 Å². The predicted molar refractivity (Wildman–Crippen MR) is 56.1 cm³/mol. The van der Waals surface area contributed by atoms with Gasteiger partial charge in [0, 0.05) is 0 Å². The quantitative estimate of drug-likeness (QED) is 0.839. The van der Waals surface area contributed by atoms with E-state index >= 15 is 0 Å². The Morgan fingerprint density at radius 1 is 1.60 bits per heavy atom. The number of hydrogen-bond donors (Lipinski definition) is 1. The first-order valence-electron chi connectivity index (χ1n) is 4.03. The lowest BCUT2D eigenvalue weighted by Gasteiger charge is -1.95. The zero-order valence-electron chi connectivity index (χ0n) is 7.44. The van der Waals surface area contributed by atoms with E-state index in [4.69, 9.17) is 16.0 Å². The number of nitrogens with zero attached hydrogens (tertiary/aromatic N) is 2. The molecule has 1 amide bonds. The van der Waals surface area contributed by atoms with Crippen molar-refractivity contribution in [3.63, 3.8) is 0 Å². The van der Waals surface area contributed by atoms with Crippen LogP contribution < -0.4 is 5.32 Å². The number of furan rings is 1. The highest BCUT2D eigenvalue weighted by Crippen LogP contribution is 2.17. The van der Waals surface area contributed by atoms with Gasteiger partial charge in [-0.2, -0.15) is 0 Å². The fraction of sp³-hybridized carbons (Fsp3) is 0.125. The number of rotatable bonds is 3. The van der Waals surface area contributed by atoms with Crippen molar-refractivity contribution in [2.75, 3.05) is 5.32 Å². The summed E-state index contributed by atoms with van der Waals surface area (Å²) in [5, 5.41) is 11.1. The molecule has 2 aromatic heterocycles.